The molecule has 45 heavy (non-hydrogen) atoms. The molecule has 1 aliphatic carbocycles. The summed E-state index contributed by atoms with van der Waals surface area (Å²) in [5, 5.41) is 12.8. The first-order valence-corrected chi connectivity index (χ1v) is 14.9. The molecule has 3 aromatic rings. The summed E-state index contributed by atoms with van der Waals surface area (Å²) in [6, 6.07) is 13.7. The largest absolute Gasteiger partial charge is 0.493 e. The van der Waals surface area contributed by atoms with Crippen molar-refractivity contribution in [2.75, 3.05) is 26.1 Å². The smallest absolute Gasteiger partial charge is 0.490 e. The zero-order valence-corrected chi connectivity index (χ0v) is 25.7. The quantitative estimate of drug-likeness (QED) is 0.240. The molecule has 3 unspecified atom stereocenters. The summed E-state index contributed by atoms with van der Waals surface area (Å²) in [5.41, 5.74) is 1.38. The summed E-state index contributed by atoms with van der Waals surface area (Å²) in [7, 11) is 3.30. The molecule has 3 atom stereocenters. The molecule has 0 spiro atoms. The molecule has 244 valence electrons. The maximum Gasteiger partial charge on any atom is 0.490 e. The molecule has 1 aliphatic heterocycles. The van der Waals surface area contributed by atoms with Crippen molar-refractivity contribution in [3.8, 4) is 11.5 Å². The molecule has 2 aliphatic rings. The van der Waals surface area contributed by atoms with E-state index in [1.807, 2.05) is 17.4 Å². The Hall–Kier alpha value is -3.91. The standard InChI is InChI=1S/C29H33F2N3O3S.C2HF3O2/c1-18-4-7-22(38-18)17-34-13-12-29(19-5-9-25(36-2)26(14-19)37-3)11-10-21(16-27(29)34)33-28(35)32-20-6-8-23(30)24(31)15-20;3-2(4,5)1(6)7/h4-9,14-15,21,27H,10-13,16-17H2,1-3H3,(H2,32,33,35);(H,6,7). The van der Waals surface area contributed by atoms with Crippen LogP contribution in [0.15, 0.2) is 48.5 Å². The molecule has 2 heterocycles. The Kier molecular flexibility index (Phi) is 10.6. The van der Waals surface area contributed by atoms with Crippen LogP contribution < -0.4 is 20.1 Å². The molecule has 5 rings (SSSR count). The Balaban J connectivity index is 0.000000591. The van der Waals surface area contributed by atoms with Gasteiger partial charge >= 0.3 is 18.2 Å². The van der Waals surface area contributed by atoms with Crippen molar-refractivity contribution < 1.29 is 46.1 Å². The monoisotopic (exact) mass is 655 g/mol. The highest BCUT2D eigenvalue weighted by Crippen LogP contribution is 2.51. The van der Waals surface area contributed by atoms with Gasteiger partial charge in [-0.3, -0.25) is 4.90 Å². The minimum absolute atomic E-state index is 0.0516. The number of aryl methyl sites for hydroxylation is 1. The van der Waals surface area contributed by atoms with E-state index in [4.69, 9.17) is 19.4 Å². The number of alkyl halides is 3. The number of urea groups is 1. The molecule has 1 aromatic heterocycles. The SMILES string of the molecule is COc1ccc(C23CCC(NC(=O)Nc4ccc(F)c(F)c4)CC2N(Cc2ccc(C)s2)CC3)cc1OC.O=C(O)C(F)(F)F. The number of rotatable bonds is 7. The average molecular weight is 656 g/mol. The number of carboxylic acids is 1. The number of halogens is 5. The van der Waals surface area contributed by atoms with E-state index < -0.39 is 29.8 Å². The van der Waals surface area contributed by atoms with Gasteiger partial charge in [0.1, 0.15) is 0 Å². The van der Waals surface area contributed by atoms with E-state index >= 15 is 0 Å². The zero-order chi connectivity index (χ0) is 32.9. The number of hydrogen-bond donors (Lipinski definition) is 3. The highest BCUT2D eigenvalue weighted by Gasteiger charge is 2.51. The van der Waals surface area contributed by atoms with Gasteiger partial charge in [-0.1, -0.05) is 6.07 Å². The van der Waals surface area contributed by atoms with Crippen molar-refractivity contribution in [2.24, 2.45) is 0 Å². The fourth-order valence-electron chi connectivity index (χ4n) is 6.14. The maximum absolute atomic E-state index is 13.6. The number of likely N-dealkylation sites (tertiary alicyclic amines) is 1. The van der Waals surface area contributed by atoms with E-state index in [9.17, 15) is 26.7 Å². The van der Waals surface area contributed by atoms with Crippen LogP contribution in [0, 0.1) is 18.6 Å². The molecular formula is C31H34F5N3O5S. The lowest BCUT2D eigenvalue weighted by Gasteiger charge is -2.45. The number of hydrogen-bond acceptors (Lipinski definition) is 6. The van der Waals surface area contributed by atoms with Gasteiger partial charge in [-0.15, -0.1) is 11.3 Å². The molecule has 2 amide bonds. The predicted octanol–water partition coefficient (Wildman–Crippen LogP) is 6.87. The molecule has 14 heteroatoms. The lowest BCUT2D eigenvalue weighted by atomic mass is 9.65. The number of fused-ring (bicyclic) bond motifs is 1. The Morgan fingerprint density at radius 2 is 1.73 bits per heavy atom. The van der Waals surface area contributed by atoms with Crippen molar-refractivity contribution >= 4 is 29.0 Å². The number of nitrogens with one attached hydrogen (secondary N) is 2. The van der Waals surface area contributed by atoms with Crippen LogP contribution in [0.3, 0.4) is 0 Å². The summed E-state index contributed by atoms with van der Waals surface area (Å²) >= 11 is 1.82. The van der Waals surface area contributed by atoms with Crippen molar-refractivity contribution in [2.45, 2.75) is 62.8 Å². The van der Waals surface area contributed by atoms with Gasteiger partial charge in [-0.25, -0.2) is 18.4 Å². The minimum atomic E-state index is -5.08. The van der Waals surface area contributed by atoms with E-state index in [0.717, 1.165) is 56.7 Å². The second kappa shape index (κ2) is 14.0. The highest BCUT2D eigenvalue weighted by atomic mass is 32.1. The first-order chi connectivity index (χ1) is 21.2. The lowest BCUT2D eigenvalue weighted by molar-refractivity contribution is -0.192. The van der Waals surface area contributed by atoms with Gasteiger partial charge in [0, 0.05) is 45.6 Å². The van der Waals surface area contributed by atoms with Crippen LogP contribution in [0.1, 0.15) is 41.0 Å². The van der Waals surface area contributed by atoms with E-state index in [1.54, 1.807) is 14.2 Å². The van der Waals surface area contributed by atoms with Crippen LogP contribution in [0.5, 0.6) is 11.5 Å². The molecule has 0 radical (unpaired) electrons. The van der Waals surface area contributed by atoms with Crippen molar-refractivity contribution in [3.05, 3.63) is 75.5 Å². The second-order valence-electron chi connectivity index (χ2n) is 11.0. The summed E-state index contributed by atoms with van der Waals surface area (Å²) in [6.45, 7) is 3.95. The third-order valence-electron chi connectivity index (χ3n) is 8.24. The van der Waals surface area contributed by atoms with Crippen LogP contribution >= 0.6 is 11.3 Å². The first-order valence-electron chi connectivity index (χ1n) is 14.1. The number of ether oxygens (including phenoxy) is 2. The zero-order valence-electron chi connectivity index (χ0n) is 24.8. The molecule has 2 aromatic carbocycles. The Morgan fingerprint density at radius 1 is 1.02 bits per heavy atom. The fourth-order valence-corrected chi connectivity index (χ4v) is 7.06. The van der Waals surface area contributed by atoms with Crippen LogP contribution in [-0.4, -0.2) is 61.0 Å². The summed E-state index contributed by atoms with van der Waals surface area (Å²) in [5.74, 6) is -3.27. The molecule has 0 bridgehead atoms. The molecule has 1 saturated carbocycles. The van der Waals surface area contributed by atoms with Gasteiger partial charge in [0.2, 0.25) is 0 Å². The van der Waals surface area contributed by atoms with Gasteiger partial charge in [-0.2, -0.15) is 13.2 Å². The topological polar surface area (TPSA) is 100 Å². The fraction of sp³-hybridized carbons (Fsp3) is 0.419. The van der Waals surface area contributed by atoms with E-state index in [2.05, 4.69) is 46.7 Å². The number of carbonyl (C=O) groups is 2. The summed E-state index contributed by atoms with van der Waals surface area (Å²) in [6.07, 6.45) is -1.57. The highest BCUT2D eigenvalue weighted by molar-refractivity contribution is 7.11. The minimum Gasteiger partial charge on any atom is -0.493 e. The van der Waals surface area contributed by atoms with Crippen LogP contribution in [0.2, 0.25) is 0 Å². The second-order valence-corrected chi connectivity index (χ2v) is 12.3. The number of methoxy groups -OCH3 is 2. The number of anilines is 1. The van der Waals surface area contributed by atoms with Gasteiger partial charge in [-0.05, 0) is 81.1 Å². The van der Waals surface area contributed by atoms with Gasteiger partial charge in [0.05, 0.1) is 14.2 Å². The summed E-state index contributed by atoms with van der Waals surface area (Å²) < 4.78 is 69.7. The summed E-state index contributed by atoms with van der Waals surface area (Å²) in [4.78, 5) is 26.8. The van der Waals surface area contributed by atoms with Crippen molar-refractivity contribution in [3.63, 3.8) is 0 Å². The lowest BCUT2D eigenvalue weighted by Crippen LogP contribution is -2.52. The Morgan fingerprint density at radius 3 is 2.33 bits per heavy atom. The third kappa shape index (κ3) is 8.03. The van der Waals surface area contributed by atoms with Crippen molar-refractivity contribution in [1.29, 1.82) is 0 Å². The molecular weight excluding hydrogens is 621 g/mol. The predicted molar refractivity (Wildman–Crippen MR) is 159 cm³/mol. The van der Waals surface area contributed by atoms with Crippen LogP contribution in [0.25, 0.3) is 0 Å². The normalized spacial score (nSPS) is 21.2. The van der Waals surface area contributed by atoms with E-state index in [-0.39, 0.29) is 23.2 Å². The Bertz CT molecular complexity index is 1520. The number of amides is 2. The van der Waals surface area contributed by atoms with Gasteiger partial charge < -0.3 is 25.2 Å². The van der Waals surface area contributed by atoms with Gasteiger partial charge in [0.15, 0.2) is 23.1 Å². The molecule has 3 N–H and O–H groups in total. The Labute approximate surface area is 261 Å². The molecule has 8 nitrogen and oxygen atoms in total. The van der Waals surface area contributed by atoms with Crippen LogP contribution in [-0.2, 0) is 16.8 Å². The van der Waals surface area contributed by atoms with E-state index in [0.29, 0.717) is 5.75 Å². The number of thiophene rings is 1. The number of benzene rings is 2. The van der Waals surface area contributed by atoms with E-state index in [1.165, 1.54) is 21.4 Å². The van der Waals surface area contributed by atoms with Crippen molar-refractivity contribution in [1.82, 2.24) is 10.2 Å². The molecule has 1 saturated heterocycles. The number of carboxylic acid groups (broad SMARTS) is 1. The third-order valence-corrected chi connectivity index (χ3v) is 9.22. The van der Waals surface area contributed by atoms with Crippen LogP contribution in [0.4, 0.5) is 32.4 Å². The average Bonchev–Trinajstić information content (AvgIpc) is 3.57. The molecule has 2 fully saturated rings. The first kappa shape index (κ1) is 34.0. The maximum atomic E-state index is 13.6. The number of carbonyl (C=O) groups excluding carboxylic acids is 1. The van der Waals surface area contributed by atoms with Gasteiger partial charge in [0.25, 0.3) is 0 Å². The number of aliphatic carboxylic acids is 1. The number of nitrogens with zero attached hydrogens (tertiary/aromatic N) is 1.